The molecule has 0 unspecified atom stereocenters. The Hall–Kier alpha value is -1.99. The van der Waals surface area contributed by atoms with Gasteiger partial charge in [-0.15, -0.1) is 10.2 Å². The standard InChI is InChI=1S/C19H26N4O2S/c1-2-14-26(24,25)19-9-8-18(21-22-19)20-17-10-12-23(13-11-17)15-16-6-4-3-5-7-16/h3-9,17H,2,10-15H2,1H3,(H,20,21). The Morgan fingerprint density at radius 2 is 1.81 bits per heavy atom. The van der Waals surface area contributed by atoms with Gasteiger partial charge in [0.25, 0.3) is 0 Å². The van der Waals surface area contributed by atoms with E-state index in [1.165, 1.54) is 5.56 Å². The van der Waals surface area contributed by atoms with E-state index < -0.39 is 9.84 Å². The van der Waals surface area contributed by atoms with Gasteiger partial charge in [-0.1, -0.05) is 37.3 Å². The molecule has 1 aromatic heterocycles. The minimum atomic E-state index is -3.31. The topological polar surface area (TPSA) is 75.2 Å². The molecule has 7 heteroatoms. The van der Waals surface area contributed by atoms with Gasteiger partial charge in [0, 0.05) is 25.7 Å². The first-order valence-corrected chi connectivity index (χ1v) is 10.8. The van der Waals surface area contributed by atoms with Crippen molar-refractivity contribution in [3.8, 4) is 0 Å². The zero-order valence-electron chi connectivity index (χ0n) is 15.1. The van der Waals surface area contributed by atoms with E-state index in [2.05, 4.69) is 44.7 Å². The summed E-state index contributed by atoms with van der Waals surface area (Å²) >= 11 is 0. The van der Waals surface area contributed by atoms with Crippen molar-refractivity contribution in [1.29, 1.82) is 0 Å². The molecule has 1 aliphatic rings. The lowest BCUT2D eigenvalue weighted by atomic mass is 10.0. The number of aromatic nitrogens is 2. The van der Waals surface area contributed by atoms with Crippen molar-refractivity contribution in [2.75, 3.05) is 24.2 Å². The van der Waals surface area contributed by atoms with E-state index in [9.17, 15) is 8.42 Å². The quantitative estimate of drug-likeness (QED) is 0.803. The average Bonchev–Trinajstić information content (AvgIpc) is 2.65. The molecule has 1 aromatic carbocycles. The van der Waals surface area contributed by atoms with Crippen LogP contribution in [0, 0.1) is 0 Å². The Balaban J connectivity index is 1.50. The number of hydrogen-bond donors (Lipinski definition) is 1. The van der Waals surface area contributed by atoms with Gasteiger partial charge in [0.05, 0.1) is 5.75 Å². The smallest absolute Gasteiger partial charge is 0.197 e. The summed E-state index contributed by atoms with van der Waals surface area (Å²) in [4.78, 5) is 2.46. The van der Waals surface area contributed by atoms with Crippen molar-refractivity contribution in [2.24, 2.45) is 0 Å². The highest BCUT2D eigenvalue weighted by atomic mass is 32.2. The molecule has 2 heterocycles. The van der Waals surface area contributed by atoms with Crippen LogP contribution in [0.25, 0.3) is 0 Å². The first-order chi connectivity index (χ1) is 12.6. The molecule has 1 fully saturated rings. The normalized spacial score (nSPS) is 16.5. The second kappa shape index (κ2) is 8.60. The number of rotatable bonds is 7. The molecule has 0 bridgehead atoms. The highest BCUT2D eigenvalue weighted by Crippen LogP contribution is 2.18. The highest BCUT2D eigenvalue weighted by Gasteiger charge is 2.20. The van der Waals surface area contributed by atoms with E-state index >= 15 is 0 Å². The summed E-state index contributed by atoms with van der Waals surface area (Å²) in [7, 11) is -3.31. The van der Waals surface area contributed by atoms with Crippen molar-refractivity contribution in [3.05, 3.63) is 48.0 Å². The third-order valence-electron chi connectivity index (χ3n) is 4.62. The predicted octanol–water partition coefficient (Wildman–Crippen LogP) is 2.74. The highest BCUT2D eigenvalue weighted by molar-refractivity contribution is 7.91. The molecule has 1 N–H and O–H groups in total. The van der Waals surface area contributed by atoms with Gasteiger partial charge >= 0.3 is 0 Å². The van der Waals surface area contributed by atoms with Crippen LogP contribution in [0.2, 0.25) is 0 Å². The van der Waals surface area contributed by atoms with E-state index in [0.29, 0.717) is 18.3 Å². The van der Waals surface area contributed by atoms with E-state index in [1.807, 2.05) is 13.0 Å². The van der Waals surface area contributed by atoms with E-state index in [0.717, 1.165) is 32.5 Å². The number of nitrogens with one attached hydrogen (secondary N) is 1. The van der Waals surface area contributed by atoms with Crippen LogP contribution < -0.4 is 5.32 Å². The Labute approximate surface area is 155 Å². The van der Waals surface area contributed by atoms with Crippen LogP contribution in [-0.4, -0.2) is 48.4 Å². The Morgan fingerprint density at radius 1 is 1.08 bits per heavy atom. The second-order valence-electron chi connectivity index (χ2n) is 6.76. The van der Waals surface area contributed by atoms with Crippen LogP contribution in [0.5, 0.6) is 0 Å². The van der Waals surface area contributed by atoms with E-state index in [4.69, 9.17) is 0 Å². The lowest BCUT2D eigenvalue weighted by Gasteiger charge is -2.32. The van der Waals surface area contributed by atoms with Gasteiger partial charge in [0.2, 0.25) is 0 Å². The molecule has 0 amide bonds. The number of nitrogens with zero attached hydrogens (tertiary/aromatic N) is 3. The maximum absolute atomic E-state index is 12.0. The fraction of sp³-hybridized carbons (Fsp3) is 0.474. The molecule has 140 valence electrons. The van der Waals surface area contributed by atoms with Crippen molar-refractivity contribution in [2.45, 2.75) is 43.8 Å². The Kier molecular flexibility index (Phi) is 6.21. The summed E-state index contributed by atoms with van der Waals surface area (Å²) in [5.41, 5.74) is 1.34. The van der Waals surface area contributed by atoms with Crippen LogP contribution >= 0.6 is 0 Å². The average molecular weight is 375 g/mol. The van der Waals surface area contributed by atoms with Gasteiger partial charge in [0.1, 0.15) is 5.82 Å². The lowest BCUT2D eigenvalue weighted by molar-refractivity contribution is 0.211. The number of anilines is 1. The van der Waals surface area contributed by atoms with Crippen molar-refractivity contribution in [1.82, 2.24) is 15.1 Å². The third-order valence-corrected chi connectivity index (χ3v) is 6.42. The van der Waals surface area contributed by atoms with Crippen molar-refractivity contribution >= 4 is 15.7 Å². The zero-order valence-corrected chi connectivity index (χ0v) is 16.0. The van der Waals surface area contributed by atoms with E-state index in [-0.39, 0.29) is 10.8 Å². The van der Waals surface area contributed by atoms with Crippen LogP contribution in [0.15, 0.2) is 47.5 Å². The minimum Gasteiger partial charge on any atom is -0.366 e. The molecule has 0 spiro atoms. The Bertz CT molecular complexity index is 786. The maximum atomic E-state index is 12.0. The van der Waals surface area contributed by atoms with Gasteiger partial charge in [-0.3, -0.25) is 4.90 Å². The van der Waals surface area contributed by atoms with Crippen LogP contribution in [0.4, 0.5) is 5.82 Å². The molecular weight excluding hydrogens is 348 g/mol. The first-order valence-electron chi connectivity index (χ1n) is 9.16. The monoisotopic (exact) mass is 374 g/mol. The third kappa shape index (κ3) is 5.02. The van der Waals surface area contributed by atoms with Gasteiger partial charge in [-0.25, -0.2) is 8.42 Å². The van der Waals surface area contributed by atoms with Crippen molar-refractivity contribution in [3.63, 3.8) is 0 Å². The predicted molar refractivity (Wildman–Crippen MR) is 103 cm³/mol. The first kappa shape index (κ1) is 18.8. The SMILES string of the molecule is CCCS(=O)(=O)c1ccc(NC2CCN(Cc3ccccc3)CC2)nn1. The molecule has 0 aliphatic carbocycles. The van der Waals surface area contributed by atoms with Gasteiger partial charge in [-0.2, -0.15) is 0 Å². The maximum Gasteiger partial charge on any atom is 0.197 e. The van der Waals surface area contributed by atoms with Gasteiger partial charge in [0.15, 0.2) is 14.9 Å². The largest absolute Gasteiger partial charge is 0.366 e. The molecule has 2 aromatic rings. The summed E-state index contributed by atoms with van der Waals surface area (Å²) in [5, 5.41) is 11.4. The molecule has 6 nitrogen and oxygen atoms in total. The van der Waals surface area contributed by atoms with Crippen LogP contribution in [-0.2, 0) is 16.4 Å². The summed E-state index contributed by atoms with van der Waals surface area (Å²) in [6.45, 7) is 4.88. The molecule has 1 aliphatic heterocycles. The van der Waals surface area contributed by atoms with Crippen LogP contribution in [0.1, 0.15) is 31.7 Å². The number of piperidine rings is 1. The Morgan fingerprint density at radius 3 is 2.42 bits per heavy atom. The minimum absolute atomic E-state index is 0.0579. The van der Waals surface area contributed by atoms with Gasteiger partial charge in [-0.05, 0) is 37.0 Å². The number of hydrogen-bond acceptors (Lipinski definition) is 6. The van der Waals surface area contributed by atoms with Crippen LogP contribution in [0.3, 0.4) is 0 Å². The zero-order chi connectivity index (χ0) is 18.4. The lowest BCUT2D eigenvalue weighted by Crippen LogP contribution is -2.38. The number of likely N-dealkylation sites (tertiary alicyclic amines) is 1. The second-order valence-corrected chi connectivity index (χ2v) is 8.81. The summed E-state index contributed by atoms with van der Waals surface area (Å²) in [5.74, 6) is 0.746. The van der Waals surface area contributed by atoms with Gasteiger partial charge < -0.3 is 5.32 Å². The number of benzene rings is 1. The molecule has 26 heavy (non-hydrogen) atoms. The number of sulfone groups is 1. The fourth-order valence-corrected chi connectivity index (χ4v) is 4.41. The molecule has 0 radical (unpaired) electrons. The summed E-state index contributed by atoms with van der Waals surface area (Å²) in [6.07, 6.45) is 2.64. The summed E-state index contributed by atoms with van der Waals surface area (Å²) < 4.78 is 24.0. The summed E-state index contributed by atoms with van der Waals surface area (Å²) in [6, 6.07) is 14.1. The molecular formula is C19H26N4O2S. The van der Waals surface area contributed by atoms with Crippen molar-refractivity contribution < 1.29 is 8.42 Å². The molecule has 0 saturated carbocycles. The molecule has 3 rings (SSSR count). The molecule has 1 saturated heterocycles. The van der Waals surface area contributed by atoms with E-state index in [1.54, 1.807) is 12.1 Å². The molecule has 0 atom stereocenters. The fourth-order valence-electron chi connectivity index (χ4n) is 3.22.